The van der Waals surface area contributed by atoms with Crippen molar-refractivity contribution < 1.29 is 8.78 Å². The van der Waals surface area contributed by atoms with E-state index in [2.05, 4.69) is 0 Å². The van der Waals surface area contributed by atoms with E-state index in [9.17, 15) is 8.78 Å². The van der Waals surface area contributed by atoms with Crippen LogP contribution in [-0.4, -0.2) is 0 Å². The van der Waals surface area contributed by atoms with Gasteiger partial charge in [-0.2, -0.15) is 0 Å². The number of aryl methyl sites for hydroxylation is 1. The molecule has 1 aliphatic carbocycles. The van der Waals surface area contributed by atoms with Gasteiger partial charge in [-0.15, -0.1) is 0 Å². The van der Waals surface area contributed by atoms with Crippen molar-refractivity contribution in [2.24, 2.45) is 5.73 Å². The summed E-state index contributed by atoms with van der Waals surface area (Å²) in [5.41, 5.74) is 6.80. The Bertz CT molecular complexity index is 358. The SMILES string of the molecule is Cc1cc(C2(N)CCCC2)cc(F)c1F. The maximum Gasteiger partial charge on any atom is 0.161 e. The second kappa shape index (κ2) is 3.56. The van der Waals surface area contributed by atoms with Gasteiger partial charge in [-0.1, -0.05) is 18.9 Å². The fourth-order valence-electron chi connectivity index (χ4n) is 2.31. The van der Waals surface area contributed by atoms with Crippen molar-refractivity contribution >= 4 is 0 Å². The number of benzene rings is 1. The van der Waals surface area contributed by atoms with Crippen molar-refractivity contribution in [3.63, 3.8) is 0 Å². The van der Waals surface area contributed by atoms with Crippen LogP contribution in [0.15, 0.2) is 12.1 Å². The van der Waals surface area contributed by atoms with Crippen LogP contribution in [0, 0.1) is 18.6 Å². The summed E-state index contributed by atoms with van der Waals surface area (Å²) >= 11 is 0. The van der Waals surface area contributed by atoms with Gasteiger partial charge in [0.1, 0.15) is 0 Å². The summed E-state index contributed by atoms with van der Waals surface area (Å²) in [7, 11) is 0. The maximum absolute atomic E-state index is 13.2. The van der Waals surface area contributed by atoms with Gasteiger partial charge in [0, 0.05) is 5.54 Å². The summed E-state index contributed by atoms with van der Waals surface area (Å²) in [5, 5.41) is 0. The summed E-state index contributed by atoms with van der Waals surface area (Å²) in [6.45, 7) is 1.57. The lowest BCUT2D eigenvalue weighted by Gasteiger charge is -2.24. The molecule has 1 aromatic rings. The molecular formula is C12H15F2N. The monoisotopic (exact) mass is 211 g/mol. The van der Waals surface area contributed by atoms with Crippen molar-refractivity contribution in [3.8, 4) is 0 Å². The molecule has 1 aromatic carbocycles. The third-order valence-corrected chi connectivity index (χ3v) is 3.28. The maximum atomic E-state index is 13.2. The Labute approximate surface area is 88.3 Å². The molecule has 15 heavy (non-hydrogen) atoms. The Morgan fingerprint density at radius 3 is 2.33 bits per heavy atom. The van der Waals surface area contributed by atoms with E-state index in [0.29, 0.717) is 5.56 Å². The van der Waals surface area contributed by atoms with Crippen molar-refractivity contribution in [2.45, 2.75) is 38.1 Å². The predicted molar refractivity (Wildman–Crippen MR) is 55.4 cm³/mol. The summed E-state index contributed by atoms with van der Waals surface area (Å²) < 4.78 is 26.3. The average Bonchev–Trinajstić information content (AvgIpc) is 2.62. The predicted octanol–water partition coefficient (Wildman–Crippen LogP) is 3.00. The molecule has 0 heterocycles. The molecule has 2 N–H and O–H groups in total. The molecule has 1 saturated carbocycles. The first-order valence-electron chi connectivity index (χ1n) is 5.28. The highest BCUT2D eigenvalue weighted by Gasteiger charge is 2.32. The molecule has 3 heteroatoms. The van der Waals surface area contributed by atoms with E-state index in [4.69, 9.17) is 5.73 Å². The Morgan fingerprint density at radius 1 is 1.20 bits per heavy atom. The Hall–Kier alpha value is -0.960. The summed E-state index contributed by atoms with van der Waals surface area (Å²) in [6.07, 6.45) is 3.85. The van der Waals surface area contributed by atoms with Gasteiger partial charge in [0.2, 0.25) is 0 Å². The molecular weight excluding hydrogens is 196 g/mol. The molecule has 0 radical (unpaired) electrons. The van der Waals surface area contributed by atoms with Gasteiger partial charge in [0.25, 0.3) is 0 Å². The minimum absolute atomic E-state index is 0.335. The van der Waals surface area contributed by atoms with E-state index in [1.54, 1.807) is 13.0 Å². The second-order valence-electron chi connectivity index (χ2n) is 4.45. The van der Waals surface area contributed by atoms with E-state index in [1.165, 1.54) is 6.07 Å². The smallest absolute Gasteiger partial charge is 0.161 e. The number of halogens is 2. The first kappa shape index (κ1) is 10.6. The van der Waals surface area contributed by atoms with E-state index in [1.807, 2.05) is 0 Å². The van der Waals surface area contributed by atoms with Crippen LogP contribution in [-0.2, 0) is 5.54 Å². The quantitative estimate of drug-likeness (QED) is 0.759. The van der Waals surface area contributed by atoms with Gasteiger partial charge in [0.05, 0.1) is 0 Å². The minimum Gasteiger partial charge on any atom is -0.321 e. The van der Waals surface area contributed by atoms with Crippen LogP contribution in [0.1, 0.15) is 36.8 Å². The second-order valence-corrected chi connectivity index (χ2v) is 4.45. The number of rotatable bonds is 1. The van der Waals surface area contributed by atoms with Crippen LogP contribution in [0.3, 0.4) is 0 Å². The molecule has 82 valence electrons. The van der Waals surface area contributed by atoms with Crippen LogP contribution < -0.4 is 5.73 Å². The lowest BCUT2D eigenvalue weighted by atomic mass is 9.88. The number of hydrogen-bond donors (Lipinski definition) is 1. The summed E-state index contributed by atoms with van der Waals surface area (Å²) in [6, 6.07) is 2.91. The highest BCUT2D eigenvalue weighted by atomic mass is 19.2. The number of hydrogen-bond acceptors (Lipinski definition) is 1. The lowest BCUT2D eigenvalue weighted by molar-refractivity contribution is 0.447. The van der Waals surface area contributed by atoms with Crippen LogP contribution >= 0.6 is 0 Å². The average molecular weight is 211 g/mol. The Kier molecular flexibility index (Phi) is 2.51. The topological polar surface area (TPSA) is 26.0 Å². The highest BCUT2D eigenvalue weighted by Crippen LogP contribution is 2.37. The largest absolute Gasteiger partial charge is 0.321 e. The molecule has 0 aromatic heterocycles. The molecule has 0 atom stereocenters. The Balaban J connectivity index is 2.45. The van der Waals surface area contributed by atoms with Gasteiger partial charge in [-0.05, 0) is 37.0 Å². The zero-order valence-electron chi connectivity index (χ0n) is 8.82. The number of nitrogens with two attached hydrogens (primary N) is 1. The molecule has 1 aliphatic rings. The molecule has 1 fully saturated rings. The first-order chi connectivity index (χ1) is 7.03. The minimum atomic E-state index is -0.790. The van der Waals surface area contributed by atoms with Gasteiger partial charge in [-0.3, -0.25) is 0 Å². The molecule has 0 bridgehead atoms. The molecule has 0 unspecified atom stereocenters. The molecule has 0 amide bonds. The van der Waals surface area contributed by atoms with Gasteiger partial charge in [-0.25, -0.2) is 8.78 Å². The van der Waals surface area contributed by atoms with Crippen LogP contribution in [0.2, 0.25) is 0 Å². The van der Waals surface area contributed by atoms with E-state index in [0.717, 1.165) is 31.2 Å². The van der Waals surface area contributed by atoms with E-state index >= 15 is 0 Å². The zero-order chi connectivity index (χ0) is 11.1. The van der Waals surface area contributed by atoms with Crippen molar-refractivity contribution in [3.05, 3.63) is 34.9 Å². The summed E-state index contributed by atoms with van der Waals surface area (Å²) in [4.78, 5) is 0. The van der Waals surface area contributed by atoms with Gasteiger partial charge >= 0.3 is 0 Å². The first-order valence-corrected chi connectivity index (χ1v) is 5.28. The molecule has 0 saturated heterocycles. The fraction of sp³-hybridized carbons (Fsp3) is 0.500. The van der Waals surface area contributed by atoms with E-state index in [-0.39, 0.29) is 0 Å². The van der Waals surface area contributed by atoms with Crippen LogP contribution in [0.5, 0.6) is 0 Å². The normalized spacial score (nSPS) is 19.5. The molecule has 1 nitrogen and oxygen atoms in total. The standard InChI is InChI=1S/C12H15F2N/c1-8-6-9(7-10(13)11(8)14)12(15)4-2-3-5-12/h6-7H,2-5,15H2,1H3. The van der Waals surface area contributed by atoms with Crippen LogP contribution in [0.25, 0.3) is 0 Å². The molecule has 0 aliphatic heterocycles. The third kappa shape index (κ3) is 1.76. The Morgan fingerprint density at radius 2 is 1.80 bits per heavy atom. The molecule has 2 rings (SSSR count). The van der Waals surface area contributed by atoms with Crippen molar-refractivity contribution in [1.29, 1.82) is 0 Å². The van der Waals surface area contributed by atoms with Gasteiger partial charge in [0.15, 0.2) is 11.6 Å². The summed E-state index contributed by atoms with van der Waals surface area (Å²) in [5.74, 6) is -1.55. The lowest BCUT2D eigenvalue weighted by Crippen LogP contribution is -2.33. The zero-order valence-corrected chi connectivity index (χ0v) is 8.82. The van der Waals surface area contributed by atoms with E-state index < -0.39 is 17.2 Å². The van der Waals surface area contributed by atoms with Crippen LogP contribution in [0.4, 0.5) is 8.78 Å². The van der Waals surface area contributed by atoms with Gasteiger partial charge < -0.3 is 5.73 Å². The van der Waals surface area contributed by atoms with Crippen molar-refractivity contribution in [1.82, 2.24) is 0 Å². The fourth-order valence-corrected chi connectivity index (χ4v) is 2.31. The highest BCUT2D eigenvalue weighted by molar-refractivity contribution is 5.31. The molecule has 0 spiro atoms. The van der Waals surface area contributed by atoms with Crippen molar-refractivity contribution in [2.75, 3.05) is 0 Å². The third-order valence-electron chi connectivity index (χ3n) is 3.28.